The van der Waals surface area contributed by atoms with Crippen LogP contribution in [-0.2, 0) is 11.3 Å². The van der Waals surface area contributed by atoms with E-state index >= 15 is 0 Å². The predicted molar refractivity (Wildman–Crippen MR) is 128 cm³/mol. The first-order chi connectivity index (χ1) is 15.5. The van der Waals surface area contributed by atoms with Crippen LogP contribution in [-0.4, -0.2) is 54.2 Å². The third-order valence-corrected chi connectivity index (χ3v) is 7.71. The fraction of sp³-hybridized carbons (Fsp3) is 0.391. The fourth-order valence-electron chi connectivity index (χ4n) is 4.51. The Bertz CT molecular complexity index is 1230. The summed E-state index contributed by atoms with van der Waals surface area (Å²) in [6.07, 6.45) is -0.140. The number of aromatic nitrogens is 2. The third-order valence-electron chi connectivity index (χ3n) is 6.19. The lowest BCUT2D eigenvalue weighted by Gasteiger charge is -2.35. The van der Waals surface area contributed by atoms with Crippen molar-refractivity contribution >= 4 is 40.1 Å². The Balaban J connectivity index is 1.83. The normalized spacial score (nSPS) is 21.1. The lowest BCUT2D eigenvalue weighted by Crippen LogP contribution is -2.51. The third kappa shape index (κ3) is 3.69. The highest BCUT2D eigenvalue weighted by Crippen LogP contribution is 2.45. The van der Waals surface area contributed by atoms with E-state index in [2.05, 4.69) is 22.1 Å². The van der Waals surface area contributed by atoms with Crippen LogP contribution in [0.25, 0.3) is 22.0 Å². The summed E-state index contributed by atoms with van der Waals surface area (Å²) < 4.78 is 20.9. The van der Waals surface area contributed by atoms with E-state index in [0.717, 1.165) is 46.6 Å². The van der Waals surface area contributed by atoms with Crippen molar-refractivity contribution in [1.29, 1.82) is 0 Å². The summed E-state index contributed by atoms with van der Waals surface area (Å²) >= 11 is 8.48. The number of halogens is 2. The van der Waals surface area contributed by atoms with Gasteiger partial charge in [-0.15, -0.1) is 11.8 Å². The van der Waals surface area contributed by atoms with Gasteiger partial charge in [0.1, 0.15) is 11.6 Å². The van der Waals surface area contributed by atoms with Gasteiger partial charge in [0.25, 0.3) is 0 Å². The van der Waals surface area contributed by atoms with Crippen molar-refractivity contribution < 1.29 is 9.13 Å². The summed E-state index contributed by atoms with van der Waals surface area (Å²) in [6.45, 7) is 4.94. The lowest BCUT2D eigenvalue weighted by atomic mass is 10.0. The Kier molecular flexibility index (Phi) is 5.88. The number of thioether (sulfide) groups is 1. The molecule has 2 aliphatic rings. The second-order valence-corrected chi connectivity index (χ2v) is 9.65. The topological polar surface area (TPSA) is 59.4 Å². The molecule has 0 aliphatic carbocycles. The molecule has 1 saturated heterocycles. The summed E-state index contributed by atoms with van der Waals surface area (Å²) in [5.41, 5.74) is 2.14. The summed E-state index contributed by atoms with van der Waals surface area (Å²) in [5.74, 6) is 1.03. The van der Waals surface area contributed by atoms with Gasteiger partial charge in [-0.3, -0.25) is 4.57 Å². The van der Waals surface area contributed by atoms with E-state index in [0.29, 0.717) is 23.1 Å². The van der Waals surface area contributed by atoms with Crippen molar-refractivity contribution in [3.8, 4) is 11.1 Å². The molecule has 1 N–H and O–H groups in total. The average molecular weight is 475 g/mol. The number of rotatable bonds is 3. The van der Waals surface area contributed by atoms with Crippen LogP contribution in [0.5, 0.6) is 0 Å². The van der Waals surface area contributed by atoms with Gasteiger partial charge in [0.15, 0.2) is 0 Å². The molecule has 32 heavy (non-hydrogen) atoms. The van der Waals surface area contributed by atoms with Crippen LogP contribution in [0.4, 0.5) is 10.2 Å². The first kappa shape index (κ1) is 21.7. The maximum atomic E-state index is 13.6. The van der Waals surface area contributed by atoms with Crippen molar-refractivity contribution in [3.05, 3.63) is 51.7 Å². The van der Waals surface area contributed by atoms with Crippen molar-refractivity contribution in [2.75, 3.05) is 37.4 Å². The molecule has 9 heteroatoms. The summed E-state index contributed by atoms with van der Waals surface area (Å²) in [7, 11) is 1.65. The van der Waals surface area contributed by atoms with Crippen molar-refractivity contribution in [1.82, 2.24) is 14.9 Å². The van der Waals surface area contributed by atoms with Gasteiger partial charge in [-0.1, -0.05) is 23.7 Å². The van der Waals surface area contributed by atoms with Gasteiger partial charge in [-0.25, -0.2) is 9.18 Å². The van der Waals surface area contributed by atoms with Gasteiger partial charge < -0.3 is 15.0 Å². The first-order valence-corrected chi connectivity index (χ1v) is 12.0. The molecule has 2 atom stereocenters. The molecule has 1 fully saturated rings. The average Bonchev–Trinajstić information content (AvgIpc) is 2.98. The number of hydrogen-bond donors (Lipinski definition) is 1. The lowest BCUT2D eigenvalue weighted by molar-refractivity contribution is 0.107. The second-order valence-electron chi connectivity index (χ2n) is 8.21. The number of ether oxygens (including phenoxy) is 1. The Morgan fingerprint density at radius 2 is 2.09 bits per heavy atom. The van der Waals surface area contributed by atoms with E-state index < -0.39 is 0 Å². The summed E-state index contributed by atoms with van der Waals surface area (Å²) in [5, 5.41) is 4.79. The molecule has 0 bridgehead atoms. The monoisotopic (exact) mass is 474 g/mol. The zero-order chi connectivity index (χ0) is 22.4. The minimum Gasteiger partial charge on any atom is -0.379 e. The van der Waals surface area contributed by atoms with Crippen LogP contribution in [0, 0.1) is 5.82 Å². The van der Waals surface area contributed by atoms with E-state index in [-0.39, 0.29) is 23.7 Å². The summed E-state index contributed by atoms with van der Waals surface area (Å²) in [6, 6.07) is 8.39. The van der Waals surface area contributed by atoms with Crippen LogP contribution in [0.3, 0.4) is 0 Å². The number of nitrogens with zero attached hydrogens (tertiary/aromatic N) is 3. The van der Waals surface area contributed by atoms with Gasteiger partial charge in [0.05, 0.1) is 23.2 Å². The highest BCUT2D eigenvalue weighted by Gasteiger charge is 2.29. The van der Waals surface area contributed by atoms with Crippen molar-refractivity contribution in [3.63, 3.8) is 0 Å². The molecule has 3 heterocycles. The minimum atomic E-state index is -0.306. The molecule has 168 valence electrons. The largest absolute Gasteiger partial charge is 0.379 e. The molecule has 3 aromatic rings. The molecule has 0 unspecified atom stereocenters. The Labute approximate surface area is 194 Å². The Morgan fingerprint density at radius 1 is 1.31 bits per heavy atom. The molecule has 6 nitrogen and oxygen atoms in total. The van der Waals surface area contributed by atoms with E-state index in [1.165, 1.54) is 12.1 Å². The predicted octanol–water partition coefficient (Wildman–Crippen LogP) is 3.77. The maximum absolute atomic E-state index is 13.6. The SMILES string of the molecule is CO[C@H]1CSc2c(-c3ccc(F)cc3)c(Cl)cc3c(N4CCNC[C@@H]4C)nc(=O)n(c23)C1. The van der Waals surface area contributed by atoms with Crippen LogP contribution >= 0.6 is 23.4 Å². The van der Waals surface area contributed by atoms with Crippen LogP contribution < -0.4 is 15.9 Å². The number of hydrogen-bond acceptors (Lipinski definition) is 6. The molecular weight excluding hydrogens is 451 g/mol. The number of anilines is 1. The quantitative estimate of drug-likeness (QED) is 0.623. The molecule has 1 aromatic heterocycles. The highest BCUT2D eigenvalue weighted by molar-refractivity contribution is 7.99. The standard InChI is InChI=1S/C23H24ClFN4O2S/c1-13-10-26-7-8-28(13)22-17-9-18(24)19(14-3-5-15(25)6-4-14)21-20(17)29(23(30)27-22)11-16(31-2)12-32-21/h3-6,9,13,16,26H,7-8,10-12H2,1-2H3/t13-,16+/m0/s1. The van der Waals surface area contributed by atoms with Crippen molar-refractivity contribution in [2.24, 2.45) is 0 Å². The first-order valence-electron chi connectivity index (χ1n) is 10.6. The van der Waals surface area contributed by atoms with Crippen LogP contribution in [0.1, 0.15) is 6.92 Å². The van der Waals surface area contributed by atoms with Crippen LogP contribution in [0.2, 0.25) is 5.02 Å². The number of piperazine rings is 1. The van der Waals surface area contributed by atoms with E-state index in [4.69, 9.17) is 16.3 Å². The number of benzene rings is 2. The molecular formula is C23H24ClFN4O2S. The van der Waals surface area contributed by atoms with E-state index in [1.807, 2.05) is 6.07 Å². The zero-order valence-electron chi connectivity index (χ0n) is 17.9. The molecule has 2 aromatic carbocycles. The van der Waals surface area contributed by atoms with Crippen LogP contribution in [0.15, 0.2) is 40.0 Å². The van der Waals surface area contributed by atoms with Crippen molar-refractivity contribution in [2.45, 2.75) is 30.5 Å². The second kappa shape index (κ2) is 8.67. The number of nitrogens with one attached hydrogen (secondary N) is 1. The van der Waals surface area contributed by atoms with E-state index in [9.17, 15) is 9.18 Å². The van der Waals surface area contributed by atoms with Gasteiger partial charge in [-0.05, 0) is 30.7 Å². The van der Waals surface area contributed by atoms with Gasteiger partial charge in [0, 0.05) is 54.4 Å². The molecule has 0 amide bonds. The molecule has 5 rings (SSSR count). The highest BCUT2D eigenvalue weighted by atomic mass is 35.5. The number of methoxy groups -OCH3 is 1. The van der Waals surface area contributed by atoms with Gasteiger partial charge in [-0.2, -0.15) is 4.98 Å². The smallest absolute Gasteiger partial charge is 0.350 e. The molecule has 2 aliphatic heterocycles. The summed E-state index contributed by atoms with van der Waals surface area (Å²) in [4.78, 5) is 20.9. The van der Waals surface area contributed by atoms with Gasteiger partial charge in [0.2, 0.25) is 0 Å². The van der Waals surface area contributed by atoms with E-state index in [1.54, 1.807) is 35.6 Å². The zero-order valence-corrected chi connectivity index (χ0v) is 19.5. The Morgan fingerprint density at radius 3 is 2.81 bits per heavy atom. The molecule has 0 saturated carbocycles. The minimum absolute atomic E-state index is 0.140. The molecule has 0 radical (unpaired) electrons. The Hall–Kier alpha value is -2.13. The fourth-order valence-corrected chi connectivity index (χ4v) is 6.20. The van der Waals surface area contributed by atoms with Gasteiger partial charge >= 0.3 is 5.69 Å². The maximum Gasteiger partial charge on any atom is 0.350 e. The molecule has 0 spiro atoms.